The van der Waals surface area contributed by atoms with Crippen molar-refractivity contribution in [1.29, 1.82) is 0 Å². The zero-order valence-corrected chi connectivity index (χ0v) is 10.8. The summed E-state index contributed by atoms with van der Waals surface area (Å²) >= 11 is 1.15. The summed E-state index contributed by atoms with van der Waals surface area (Å²) in [6.45, 7) is 1.77. The van der Waals surface area contributed by atoms with Gasteiger partial charge >= 0.3 is 0 Å². The summed E-state index contributed by atoms with van der Waals surface area (Å²) in [6, 6.07) is 2.37. The Balaban J connectivity index is 2.33. The minimum atomic E-state index is -3.95. The summed E-state index contributed by atoms with van der Waals surface area (Å²) in [7, 11) is -3.95. The first-order chi connectivity index (χ1) is 8.38. The van der Waals surface area contributed by atoms with Gasteiger partial charge in [0.15, 0.2) is 16.8 Å². The van der Waals surface area contributed by atoms with Crippen molar-refractivity contribution in [1.82, 2.24) is 4.98 Å². The molecule has 4 nitrogen and oxygen atoms in total. The monoisotopic (exact) mass is 290 g/mol. The van der Waals surface area contributed by atoms with E-state index < -0.39 is 21.7 Å². The molecule has 18 heavy (non-hydrogen) atoms. The standard InChI is InChI=1S/C10H8F2N2O2S2/c1-6-5-13-10(17-6)14-18(15,16)7-2-3-8(11)9(12)4-7/h2-5H,1H3,(H,13,14). The molecule has 2 rings (SSSR count). The Morgan fingerprint density at radius 3 is 2.56 bits per heavy atom. The summed E-state index contributed by atoms with van der Waals surface area (Å²) in [5.74, 6) is -2.31. The molecule has 0 atom stereocenters. The van der Waals surface area contributed by atoms with Crippen molar-refractivity contribution in [3.63, 3.8) is 0 Å². The Kier molecular flexibility index (Phi) is 3.31. The van der Waals surface area contributed by atoms with E-state index in [1.807, 2.05) is 0 Å². The van der Waals surface area contributed by atoms with E-state index in [4.69, 9.17) is 0 Å². The van der Waals surface area contributed by atoms with Gasteiger partial charge in [-0.15, -0.1) is 11.3 Å². The molecule has 8 heteroatoms. The summed E-state index contributed by atoms with van der Waals surface area (Å²) in [6.07, 6.45) is 1.51. The molecule has 1 aromatic carbocycles. The normalized spacial score (nSPS) is 11.5. The van der Waals surface area contributed by atoms with Gasteiger partial charge in [0, 0.05) is 11.1 Å². The van der Waals surface area contributed by atoms with E-state index in [-0.39, 0.29) is 10.0 Å². The van der Waals surface area contributed by atoms with E-state index in [9.17, 15) is 17.2 Å². The Morgan fingerprint density at radius 2 is 2.00 bits per heavy atom. The van der Waals surface area contributed by atoms with Crippen molar-refractivity contribution in [2.75, 3.05) is 4.72 Å². The third kappa shape index (κ3) is 2.65. The van der Waals surface area contributed by atoms with Crippen LogP contribution >= 0.6 is 11.3 Å². The second-order valence-corrected chi connectivity index (χ2v) is 6.37. The van der Waals surface area contributed by atoms with Crippen LogP contribution in [-0.2, 0) is 10.0 Å². The number of hydrogen-bond acceptors (Lipinski definition) is 4. The van der Waals surface area contributed by atoms with E-state index in [1.165, 1.54) is 6.20 Å². The summed E-state index contributed by atoms with van der Waals surface area (Å²) in [4.78, 5) is 4.31. The van der Waals surface area contributed by atoms with Crippen LogP contribution in [0, 0.1) is 18.6 Å². The Morgan fingerprint density at radius 1 is 1.28 bits per heavy atom. The molecule has 0 radical (unpaired) electrons. The van der Waals surface area contributed by atoms with Crippen molar-refractivity contribution < 1.29 is 17.2 Å². The van der Waals surface area contributed by atoms with Gasteiger partial charge in [0.25, 0.3) is 10.0 Å². The van der Waals surface area contributed by atoms with Crippen molar-refractivity contribution in [3.8, 4) is 0 Å². The van der Waals surface area contributed by atoms with Gasteiger partial charge in [0.05, 0.1) is 4.90 Å². The zero-order valence-electron chi connectivity index (χ0n) is 9.15. The lowest BCUT2D eigenvalue weighted by atomic mass is 10.3. The molecule has 1 heterocycles. The molecule has 2 aromatic rings. The van der Waals surface area contributed by atoms with Crippen LogP contribution in [0.2, 0.25) is 0 Å². The number of halogens is 2. The molecular formula is C10H8F2N2O2S2. The maximum atomic E-state index is 13.0. The quantitative estimate of drug-likeness (QED) is 0.945. The minimum Gasteiger partial charge on any atom is -0.255 e. The lowest BCUT2D eigenvalue weighted by Crippen LogP contribution is -2.13. The Hall–Kier alpha value is -1.54. The Labute approximate surface area is 106 Å². The number of aromatic nitrogens is 1. The first-order valence-electron chi connectivity index (χ1n) is 4.79. The second kappa shape index (κ2) is 4.62. The van der Waals surface area contributed by atoms with Gasteiger partial charge in [-0.3, -0.25) is 4.72 Å². The highest BCUT2D eigenvalue weighted by Crippen LogP contribution is 2.21. The molecule has 0 saturated carbocycles. The number of benzene rings is 1. The van der Waals surface area contributed by atoms with E-state index >= 15 is 0 Å². The number of hydrogen-bond donors (Lipinski definition) is 1. The zero-order chi connectivity index (χ0) is 13.3. The predicted octanol–water partition coefficient (Wildman–Crippen LogP) is 2.53. The van der Waals surface area contributed by atoms with E-state index in [0.717, 1.165) is 28.3 Å². The average molecular weight is 290 g/mol. The molecule has 0 fully saturated rings. The molecule has 0 amide bonds. The van der Waals surface area contributed by atoms with E-state index in [0.29, 0.717) is 6.07 Å². The highest BCUT2D eigenvalue weighted by atomic mass is 32.2. The van der Waals surface area contributed by atoms with Gasteiger partial charge in [-0.05, 0) is 25.1 Å². The number of aryl methyl sites for hydroxylation is 1. The molecule has 0 unspecified atom stereocenters. The Bertz CT molecular complexity index is 683. The maximum absolute atomic E-state index is 13.0. The highest BCUT2D eigenvalue weighted by molar-refractivity contribution is 7.93. The van der Waals surface area contributed by atoms with Crippen LogP contribution in [0.4, 0.5) is 13.9 Å². The summed E-state index contributed by atoms with van der Waals surface area (Å²) < 4.78 is 51.6. The number of thiazole rings is 1. The van der Waals surface area contributed by atoms with Crippen molar-refractivity contribution in [3.05, 3.63) is 40.9 Å². The van der Waals surface area contributed by atoms with E-state index in [1.54, 1.807) is 6.92 Å². The molecular weight excluding hydrogens is 282 g/mol. The second-order valence-electron chi connectivity index (χ2n) is 3.46. The summed E-state index contributed by atoms with van der Waals surface area (Å²) in [5.41, 5.74) is 0. The molecule has 0 spiro atoms. The maximum Gasteiger partial charge on any atom is 0.263 e. The number of rotatable bonds is 3. The van der Waals surface area contributed by atoms with Crippen LogP contribution in [0.3, 0.4) is 0 Å². The van der Waals surface area contributed by atoms with Crippen molar-refractivity contribution >= 4 is 26.5 Å². The van der Waals surface area contributed by atoms with Crippen LogP contribution in [0.1, 0.15) is 4.88 Å². The van der Waals surface area contributed by atoms with Gasteiger partial charge < -0.3 is 0 Å². The van der Waals surface area contributed by atoms with Crippen LogP contribution in [-0.4, -0.2) is 13.4 Å². The smallest absolute Gasteiger partial charge is 0.255 e. The average Bonchev–Trinajstić information content (AvgIpc) is 2.67. The number of nitrogens with zero attached hydrogens (tertiary/aromatic N) is 1. The minimum absolute atomic E-state index is 0.178. The number of nitrogens with one attached hydrogen (secondary N) is 1. The fourth-order valence-electron chi connectivity index (χ4n) is 1.22. The van der Waals surface area contributed by atoms with Crippen molar-refractivity contribution in [2.24, 2.45) is 0 Å². The molecule has 0 saturated heterocycles. The van der Waals surface area contributed by atoms with Gasteiger partial charge in [-0.25, -0.2) is 22.2 Å². The van der Waals surface area contributed by atoms with Gasteiger partial charge in [0.1, 0.15) is 0 Å². The van der Waals surface area contributed by atoms with Crippen LogP contribution in [0.25, 0.3) is 0 Å². The van der Waals surface area contributed by atoms with Crippen LogP contribution in [0.15, 0.2) is 29.3 Å². The molecule has 0 aliphatic carbocycles. The lowest BCUT2D eigenvalue weighted by molar-refractivity contribution is 0.504. The molecule has 0 aliphatic heterocycles. The predicted molar refractivity (Wildman–Crippen MR) is 64.0 cm³/mol. The molecule has 1 N–H and O–H groups in total. The van der Waals surface area contributed by atoms with Crippen molar-refractivity contribution in [2.45, 2.75) is 11.8 Å². The molecule has 96 valence electrons. The number of sulfonamides is 1. The first kappa shape index (κ1) is 12.9. The van der Waals surface area contributed by atoms with Crippen LogP contribution in [0.5, 0.6) is 0 Å². The fraction of sp³-hybridized carbons (Fsp3) is 0.100. The SMILES string of the molecule is Cc1cnc(NS(=O)(=O)c2ccc(F)c(F)c2)s1. The van der Waals surface area contributed by atoms with Crippen LogP contribution < -0.4 is 4.72 Å². The van der Waals surface area contributed by atoms with Gasteiger partial charge in [-0.2, -0.15) is 0 Å². The molecule has 1 aromatic heterocycles. The first-order valence-corrected chi connectivity index (χ1v) is 7.09. The third-order valence-electron chi connectivity index (χ3n) is 2.04. The van der Waals surface area contributed by atoms with E-state index in [2.05, 4.69) is 9.71 Å². The molecule has 0 bridgehead atoms. The topological polar surface area (TPSA) is 59.1 Å². The van der Waals surface area contributed by atoms with Gasteiger partial charge in [0.2, 0.25) is 0 Å². The fourth-order valence-corrected chi connectivity index (χ4v) is 3.14. The number of anilines is 1. The van der Waals surface area contributed by atoms with Gasteiger partial charge in [-0.1, -0.05) is 0 Å². The summed E-state index contributed by atoms with van der Waals surface area (Å²) in [5, 5.41) is 0.178. The lowest BCUT2D eigenvalue weighted by Gasteiger charge is -2.05. The third-order valence-corrected chi connectivity index (χ3v) is 4.34. The highest BCUT2D eigenvalue weighted by Gasteiger charge is 2.17. The largest absolute Gasteiger partial charge is 0.263 e. The molecule has 0 aliphatic rings.